The maximum absolute atomic E-state index is 10.8. The van der Waals surface area contributed by atoms with E-state index in [1.165, 1.54) is 25.4 Å². The predicted molar refractivity (Wildman–Crippen MR) is 36.8 cm³/mol. The van der Waals surface area contributed by atoms with Gasteiger partial charge < -0.3 is 0 Å². The Morgan fingerprint density at radius 2 is 2.40 bits per heavy atom. The van der Waals surface area contributed by atoms with Gasteiger partial charge >= 0.3 is 0 Å². The highest BCUT2D eigenvalue weighted by Gasteiger charge is 2.19. The third kappa shape index (κ3) is 1.18. The van der Waals surface area contributed by atoms with Crippen LogP contribution in [-0.4, -0.2) is 17.8 Å². The molecule has 0 saturated carbocycles. The molecule has 3 nitrogen and oxygen atoms in total. The Hall–Kier alpha value is -1.25. The van der Waals surface area contributed by atoms with Gasteiger partial charge in [-0.3, -0.25) is 14.6 Å². The van der Waals surface area contributed by atoms with Crippen molar-refractivity contribution in [2.24, 2.45) is 10.9 Å². The van der Waals surface area contributed by atoms with Gasteiger partial charge in [0.1, 0.15) is 11.7 Å². The Morgan fingerprint density at radius 1 is 1.70 bits per heavy atom. The van der Waals surface area contributed by atoms with E-state index >= 15 is 0 Å². The van der Waals surface area contributed by atoms with Crippen LogP contribution in [-0.2, 0) is 9.59 Å². The summed E-state index contributed by atoms with van der Waals surface area (Å²) in [4.78, 5) is 25.2. The standard InChI is InChI=1S/C7H7NO2/c1-5(9)6-4-8-3-2-7(6)10/h2-4,6H,1H3/t6-/m0/s1. The Labute approximate surface area is 58.5 Å². The summed E-state index contributed by atoms with van der Waals surface area (Å²) >= 11 is 0. The van der Waals surface area contributed by atoms with Crippen LogP contribution in [0.5, 0.6) is 0 Å². The highest BCUT2D eigenvalue weighted by atomic mass is 16.1. The van der Waals surface area contributed by atoms with E-state index in [2.05, 4.69) is 4.99 Å². The van der Waals surface area contributed by atoms with Gasteiger partial charge in [-0.15, -0.1) is 0 Å². The number of Topliss-reactive ketones (excluding diaryl/α,β-unsaturated/α-hetero) is 1. The number of nitrogens with zero attached hydrogens (tertiary/aromatic N) is 1. The van der Waals surface area contributed by atoms with Crippen LogP contribution in [0.1, 0.15) is 6.92 Å². The third-order valence-electron chi connectivity index (χ3n) is 1.30. The van der Waals surface area contributed by atoms with Crippen LogP contribution in [0.2, 0.25) is 0 Å². The van der Waals surface area contributed by atoms with Crippen LogP contribution < -0.4 is 0 Å². The monoisotopic (exact) mass is 137 g/mol. The minimum atomic E-state index is -0.634. The van der Waals surface area contributed by atoms with Crippen LogP contribution in [0.15, 0.2) is 17.3 Å². The molecule has 1 aliphatic rings. The Bertz CT molecular complexity index is 228. The van der Waals surface area contributed by atoms with E-state index < -0.39 is 5.92 Å². The zero-order valence-corrected chi connectivity index (χ0v) is 5.57. The highest BCUT2D eigenvalue weighted by Crippen LogP contribution is 2.02. The third-order valence-corrected chi connectivity index (χ3v) is 1.30. The lowest BCUT2D eigenvalue weighted by Crippen LogP contribution is -2.23. The van der Waals surface area contributed by atoms with E-state index in [0.29, 0.717) is 0 Å². The zero-order chi connectivity index (χ0) is 7.56. The zero-order valence-electron chi connectivity index (χ0n) is 5.57. The summed E-state index contributed by atoms with van der Waals surface area (Å²) in [5, 5.41) is 0. The smallest absolute Gasteiger partial charge is 0.173 e. The molecular weight excluding hydrogens is 130 g/mol. The molecule has 0 saturated heterocycles. The molecule has 1 rings (SSSR count). The van der Waals surface area contributed by atoms with Gasteiger partial charge in [0.25, 0.3) is 0 Å². The fraction of sp³-hybridized carbons (Fsp3) is 0.286. The number of carbonyl (C=O) groups is 2. The second-order valence-corrected chi connectivity index (χ2v) is 2.10. The van der Waals surface area contributed by atoms with Crippen LogP contribution >= 0.6 is 0 Å². The van der Waals surface area contributed by atoms with Gasteiger partial charge in [0.2, 0.25) is 0 Å². The first kappa shape index (κ1) is 6.86. The summed E-state index contributed by atoms with van der Waals surface area (Å²) in [7, 11) is 0. The topological polar surface area (TPSA) is 46.5 Å². The molecule has 0 fully saturated rings. The van der Waals surface area contributed by atoms with Gasteiger partial charge in [0.05, 0.1) is 0 Å². The number of ketones is 2. The molecule has 0 amide bonds. The van der Waals surface area contributed by atoms with Gasteiger partial charge in [-0.1, -0.05) is 0 Å². The SMILES string of the molecule is CC(=O)[C@@H]1C=NC=CC1=O. The lowest BCUT2D eigenvalue weighted by molar-refractivity contribution is -0.126. The summed E-state index contributed by atoms with van der Waals surface area (Å²) < 4.78 is 0. The molecule has 0 aliphatic carbocycles. The number of rotatable bonds is 1. The van der Waals surface area contributed by atoms with Gasteiger partial charge in [-0.05, 0) is 6.92 Å². The first-order valence-corrected chi connectivity index (χ1v) is 2.96. The van der Waals surface area contributed by atoms with Gasteiger partial charge in [0.15, 0.2) is 5.78 Å². The molecule has 0 radical (unpaired) electrons. The maximum Gasteiger partial charge on any atom is 0.173 e. The quantitative estimate of drug-likeness (QED) is 0.490. The molecule has 1 heterocycles. The molecule has 0 N–H and O–H groups in total. The number of aliphatic imine (C=N–C) groups is 1. The molecular formula is C7H7NO2. The van der Waals surface area contributed by atoms with Crippen molar-refractivity contribution in [2.75, 3.05) is 0 Å². The second kappa shape index (κ2) is 2.56. The van der Waals surface area contributed by atoms with Crippen molar-refractivity contribution in [3.8, 4) is 0 Å². The van der Waals surface area contributed by atoms with Crippen molar-refractivity contribution in [3.63, 3.8) is 0 Å². The highest BCUT2D eigenvalue weighted by molar-refractivity contribution is 6.18. The number of allylic oxidation sites excluding steroid dienone is 1. The molecule has 3 heteroatoms. The molecule has 52 valence electrons. The minimum Gasteiger partial charge on any atom is -0.299 e. The number of carbonyl (C=O) groups excluding carboxylic acids is 2. The molecule has 1 atom stereocenters. The van der Waals surface area contributed by atoms with Crippen molar-refractivity contribution >= 4 is 17.8 Å². The molecule has 0 spiro atoms. The molecule has 0 unspecified atom stereocenters. The van der Waals surface area contributed by atoms with Crippen molar-refractivity contribution in [3.05, 3.63) is 12.3 Å². The number of hydrogen-bond donors (Lipinski definition) is 0. The van der Waals surface area contributed by atoms with Crippen molar-refractivity contribution < 1.29 is 9.59 Å². The molecule has 10 heavy (non-hydrogen) atoms. The lowest BCUT2D eigenvalue weighted by Gasteiger charge is -2.04. The average molecular weight is 137 g/mol. The fourth-order valence-corrected chi connectivity index (χ4v) is 0.735. The summed E-state index contributed by atoms with van der Waals surface area (Å²) in [6, 6.07) is 0. The molecule has 0 aromatic carbocycles. The van der Waals surface area contributed by atoms with E-state index in [1.54, 1.807) is 0 Å². The van der Waals surface area contributed by atoms with E-state index in [-0.39, 0.29) is 11.6 Å². The first-order chi connectivity index (χ1) is 4.72. The predicted octanol–water partition coefficient (Wildman–Crippen LogP) is 0.359. The van der Waals surface area contributed by atoms with Gasteiger partial charge in [-0.25, -0.2) is 0 Å². The van der Waals surface area contributed by atoms with Crippen LogP contribution in [0, 0.1) is 5.92 Å². The average Bonchev–Trinajstić information content (AvgIpc) is 1.88. The molecule has 0 aromatic rings. The summed E-state index contributed by atoms with van der Waals surface area (Å²) in [6.45, 7) is 1.38. The summed E-state index contributed by atoms with van der Waals surface area (Å²) in [5.74, 6) is -0.967. The summed E-state index contributed by atoms with van der Waals surface area (Å²) in [5.41, 5.74) is 0. The second-order valence-electron chi connectivity index (χ2n) is 2.10. The van der Waals surface area contributed by atoms with Crippen LogP contribution in [0.3, 0.4) is 0 Å². The van der Waals surface area contributed by atoms with Gasteiger partial charge in [-0.2, -0.15) is 0 Å². The fourth-order valence-electron chi connectivity index (χ4n) is 0.735. The largest absolute Gasteiger partial charge is 0.299 e. The molecule has 0 bridgehead atoms. The van der Waals surface area contributed by atoms with E-state index in [0.717, 1.165) is 0 Å². The van der Waals surface area contributed by atoms with Crippen LogP contribution in [0.25, 0.3) is 0 Å². The normalized spacial score (nSPS) is 23.3. The Balaban J connectivity index is 2.80. The number of hydrogen-bond acceptors (Lipinski definition) is 3. The van der Waals surface area contributed by atoms with E-state index in [4.69, 9.17) is 0 Å². The van der Waals surface area contributed by atoms with Crippen molar-refractivity contribution in [1.29, 1.82) is 0 Å². The summed E-state index contributed by atoms with van der Waals surface area (Å²) in [6.07, 6.45) is 4.07. The maximum atomic E-state index is 10.8. The molecule has 1 aliphatic heterocycles. The van der Waals surface area contributed by atoms with E-state index in [1.807, 2.05) is 0 Å². The Kier molecular flexibility index (Phi) is 1.76. The Morgan fingerprint density at radius 3 is 2.80 bits per heavy atom. The van der Waals surface area contributed by atoms with Crippen LogP contribution in [0.4, 0.5) is 0 Å². The van der Waals surface area contributed by atoms with Gasteiger partial charge in [0, 0.05) is 18.5 Å². The first-order valence-electron chi connectivity index (χ1n) is 2.96. The van der Waals surface area contributed by atoms with Crippen molar-refractivity contribution in [2.45, 2.75) is 6.92 Å². The minimum absolute atomic E-state index is 0.155. The molecule has 0 aromatic heterocycles. The lowest BCUT2D eigenvalue weighted by atomic mass is 10.0. The van der Waals surface area contributed by atoms with Crippen molar-refractivity contribution in [1.82, 2.24) is 0 Å². The van der Waals surface area contributed by atoms with E-state index in [9.17, 15) is 9.59 Å².